The van der Waals surface area contributed by atoms with Gasteiger partial charge >= 0.3 is 0 Å². The molecule has 2 unspecified atom stereocenters. The summed E-state index contributed by atoms with van der Waals surface area (Å²) >= 11 is 0. The first-order valence-electron chi connectivity index (χ1n) is 6.53. The Bertz CT molecular complexity index is 498. The Hall–Kier alpha value is -1.54. The lowest BCUT2D eigenvalue weighted by molar-refractivity contribution is 0.466. The van der Waals surface area contributed by atoms with Crippen LogP contribution in [0.4, 0.5) is 0 Å². The summed E-state index contributed by atoms with van der Waals surface area (Å²) in [5, 5.41) is 0. The van der Waals surface area contributed by atoms with Gasteiger partial charge in [-0.15, -0.1) is 0 Å². The van der Waals surface area contributed by atoms with Crippen molar-refractivity contribution in [2.75, 3.05) is 0 Å². The molecule has 0 saturated carbocycles. The molecule has 0 radical (unpaired) electrons. The zero-order chi connectivity index (χ0) is 13.1. The van der Waals surface area contributed by atoms with Crippen LogP contribution in [0.5, 0.6) is 0 Å². The van der Waals surface area contributed by atoms with E-state index in [-0.39, 0.29) is 6.04 Å². The monoisotopic (exact) mass is 243 g/mol. The average Bonchev–Trinajstić information content (AvgIpc) is 2.84. The third-order valence-corrected chi connectivity index (χ3v) is 3.54. The third-order valence-electron chi connectivity index (χ3n) is 3.54. The minimum Gasteiger partial charge on any atom is -0.464 e. The summed E-state index contributed by atoms with van der Waals surface area (Å²) in [6.07, 6.45) is 1.16. The molecule has 0 aliphatic carbocycles. The highest BCUT2D eigenvalue weighted by atomic mass is 16.3. The van der Waals surface area contributed by atoms with Gasteiger partial charge in [-0.2, -0.15) is 0 Å². The van der Waals surface area contributed by atoms with E-state index in [0.717, 1.165) is 23.5 Å². The van der Waals surface area contributed by atoms with E-state index in [1.165, 1.54) is 5.56 Å². The minimum absolute atomic E-state index is 0.176. The number of benzene rings is 1. The first-order valence-corrected chi connectivity index (χ1v) is 6.53. The van der Waals surface area contributed by atoms with Gasteiger partial charge in [-0.25, -0.2) is 0 Å². The molecular formula is C16H21NO. The van der Waals surface area contributed by atoms with Crippen molar-refractivity contribution < 1.29 is 4.42 Å². The summed E-state index contributed by atoms with van der Waals surface area (Å²) < 4.78 is 5.57. The van der Waals surface area contributed by atoms with Gasteiger partial charge in [0.05, 0.1) is 6.04 Å². The second-order valence-corrected chi connectivity index (χ2v) is 4.90. The van der Waals surface area contributed by atoms with Crippen molar-refractivity contribution in [2.45, 2.75) is 39.2 Å². The highest BCUT2D eigenvalue weighted by molar-refractivity contribution is 5.31. The number of hydrogen-bond acceptors (Lipinski definition) is 2. The van der Waals surface area contributed by atoms with Crippen LogP contribution in [0.1, 0.15) is 54.9 Å². The molecular weight excluding hydrogens is 222 g/mol. The molecule has 0 aliphatic heterocycles. The van der Waals surface area contributed by atoms with Gasteiger partial charge in [0.2, 0.25) is 0 Å². The van der Waals surface area contributed by atoms with Crippen molar-refractivity contribution in [3.05, 3.63) is 59.0 Å². The van der Waals surface area contributed by atoms with Crippen molar-refractivity contribution in [3.63, 3.8) is 0 Å². The molecule has 2 rings (SSSR count). The number of hydrogen-bond donors (Lipinski definition) is 1. The predicted octanol–water partition coefficient (Wildman–Crippen LogP) is 4.15. The Balaban J connectivity index is 2.19. The molecule has 0 aliphatic rings. The van der Waals surface area contributed by atoms with Crippen LogP contribution in [0.25, 0.3) is 0 Å². The van der Waals surface area contributed by atoms with Crippen LogP contribution in [0.3, 0.4) is 0 Å². The highest BCUT2D eigenvalue weighted by Crippen LogP contribution is 2.24. The summed E-state index contributed by atoms with van der Waals surface area (Å²) in [5.74, 6) is 2.32. The maximum Gasteiger partial charge on any atom is 0.125 e. The molecule has 2 N–H and O–H groups in total. The summed E-state index contributed by atoms with van der Waals surface area (Å²) in [7, 11) is 0. The molecule has 0 fully saturated rings. The normalized spacial score (nSPS) is 14.4. The van der Waals surface area contributed by atoms with Gasteiger partial charge in [0.1, 0.15) is 11.5 Å². The van der Waals surface area contributed by atoms with E-state index in [1.54, 1.807) is 0 Å². The molecule has 0 bridgehead atoms. The van der Waals surface area contributed by atoms with E-state index in [1.807, 2.05) is 19.1 Å². The van der Waals surface area contributed by atoms with Gasteiger partial charge < -0.3 is 10.2 Å². The summed E-state index contributed by atoms with van der Waals surface area (Å²) in [6.45, 7) is 6.38. The maximum atomic E-state index is 6.19. The van der Waals surface area contributed by atoms with Crippen LogP contribution in [0.2, 0.25) is 0 Å². The number of nitrogens with two attached hydrogens (primary N) is 1. The molecule has 2 aromatic rings. The zero-order valence-corrected chi connectivity index (χ0v) is 11.3. The van der Waals surface area contributed by atoms with Gasteiger partial charge in [-0.05, 0) is 42.5 Å². The SMILES string of the molecule is CCC(C)c1ccc(C(N)c2ccc(C)o2)cc1. The van der Waals surface area contributed by atoms with Crippen LogP contribution in [-0.4, -0.2) is 0 Å². The van der Waals surface area contributed by atoms with Crippen molar-refractivity contribution in [1.29, 1.82) is 0 Å². The molecule has 2 nitrogen and oxygen atoms in total. The fourth-order valence-electron chi connectivity index (χ4n) is 2.05. The molecule has 1 aromatic heterocycles. The van der Waals surface area contributed by atoms with Crippen molar-refractivity contribution in [3.8, 4) is 0 Å². The molecule has 96 valence electrons. The van der Waals surface area contributed by atoms with E-state index in [9.17, 15) is 0 Å². The van der Waals surface area contributed by atoms with Gasteiger partial charge in [-0.3, -0.25) is 0 Å². The third kappa shape index (κ3) is 2.65. The fourth-order valence-corrected chi connectivity index (χ4v) is 2.05. The first kappa shape index (κ1) is 12.9. The van der Waals surface area contributed by atoms with Crippen LogP contribution < -0.4 is 5.73 Å². The van der Waals surface area contributed by atoms with E-state index < -0.39 is 0 Å². The number of furan rings is 1. The van der Waals surface area contributed by atoms with Crippen molar-refractivity contribution in [2.24, 2.45) is 5.73 Å². The largest absolute Gasteiger partial charge is 0.464 e. The Morgan fingerprint density at radius 1 is 1.06 bits per heavy atom. The Labute approximate surface area is 109 Å². The van der Waals surface area contributed by atoms with Gasteiger partial charge in [0.25, 0.3) is 0 Å². The molecule has 2 atom stereocenters. The molecule has 1 aromatic carbocycles. The molecule has 2 heteroatoms. The predicted molar refractivity (Wildman–Crippen MR) is 74.6 cm³/mol. The zero-order valence-electron chi connectivity index (χ0n) is 11.3. The lowest BCUT2D eigenvalue weighted by atomic mass is 9.96. The Kier molecular flexibility index (Phi) is 3.87. The smallest absolute Gasteiger partial charge is 0.125 e. The number of rotatable bonds is 4. The van der Waals surface area contributed by atoms with E-state index >= 15 is 0 Å². The fraction of sp³-hybridized carbons (Fsp3) is 0.375. The number of aryl methyl sites for hydroxylation is 1. The average molecular weight is 243 g/mol. The summed E-state index contributed by atoms with van der Waals surface area (Å²) in [4.78, 5) is 0. The minimum atomic E-state index is -0.176. The topological polar surface area (TPSA) is 39.2 Å². The van der Waals surface area contributed by atoms with E-state index in [2.05, 4.69) is 38.1 Å². The molecule has 1 heterocycles. The van der Waals surface area contributed by atoms with Crippen LogP contribution in [0.15, 0.2) is 40.8 Å². The molecule has 18 heavy (non-hydrogen) atoms. The van der Waals surface area contributed by atoms with E-state index in [0.29, 0.717) is 5.92 Å². The van der Waals surface area contributed by atoms with Gasteiger partial charge in [0, 0.05) is 0 Å². The van der Waals surface area contributed by atoms with Crippen molar-refractivity contribution >= 4 is 0 Å². The maximum absolute atomic E-state index is 6.19. The Morgan fingerprint density at radius 3 is 2.17 bits per heavy atom. The van der Waals surface area contributed by atoms with Crippen LogP contribution in [0, 0.1) is 6.92 Å². The molecule has 0 spiro atoms. The summed E-state index contributed by atoms with van der Waals surface area (Å²) in [5.41, 5.74) is 8.65. The molecule has 0 amide bonds. The van der Waals surface area contributed by atoms with Crippen LogP contribution >= 0.6 is 0 Å². The lowest BCUT2D eigenvalue weighted by Crippen LogP contribution is -2.10. The van der Waals surface area contributed by atoms with E-state index in [4.69, 9.17) is 10.2 Å². The van der Waals surface area contributed by atoms with Crippen LogP contribution in [-0.2, 0) is 0 Å². The highest BCUT2D eigenvalue weighted by Gasteiger charge is 2.13. The lowest BCUT2D eigenvalue weighted by Gasteiger charge is -2.13. The first-order chi connectivity index (χ1) is 8.61. The standard InChI is InChI=1S/C16H21NO/c1-4-11(2)13-6-8-14(9-7-13)16(17)15-10-5-12(3)18-15/h5-11,16H,4,17H2,1-3H3. The van der Waals surface area contributed by atoms with Crippen molar-refractivity contribution in [1.82, 2.24) is 0 Å². The second-order valence-electron chi connectivity index (χ2n) is 4.90. The second kappa shape index (κ2) is 5.40. The summed E-state index contributed by atoms with van der Waals surface area (Å²) in [6, 6.07) is 12.3. The molecule has 0 saturated heterocycles. The van der Waals surface area contributed by atoms with Gasteiger partial charge in [0.15, 0.2) is 0 Å². The Morgan fingerprint density at radius 2 is 1.67 bits per heavy atom. The van der Waals surface area contributed by atoms with Gasteiger partial charge in [-0.1, -0.05) is 38.1 Å². The quantitative estimate of drug-likeness (QED) is 0.876.